The largest absolute Gasteiger partial charge is 0.501 e. The number of aromatic nitrogens is 1. The standard InChI is InChI=1S/C25H15N2S.C12H10N.Ir/c1-2-9-18(10-3-1)26-17-27(22-14-6-5-13-21(22)26)23-15-8-12-20-19-11-4-7-16-24(19)28-25(20)23;1-10-7-8-12(13-9-10)11-5-3-2-4-6-11;/h1-14,16H;2-5,7-9H,1H3;/q+1;-1;. The van der Waals surface area contributed by atoms with E-state index < -0.39 is 0 Å². The third kappa shape index (κ3) is 5.27. The van der Waals surface area contributed by atoms with Crippen molar-refractivity contribution in [2.75, 3.05) is 0 Å². The van der Waals surface area contributed by atoms with Crippen molar-refractivity contribution in [3.05, 3.63) is 151 Å². The van der Waals surface area contributed by atoms with E-state index in [1.165, 1.54) is 25.7 Å². The van der Waals surface area contributed by atoms with Crippen LogP contribution in [0.2, 0.25) is 0 Å². The molecule has 5 heteroatoms. The Hall–Kier alpha value is -4.50. The Morgan fingerprint density at radius 1 is 0.667 bits per heavy atom. The number of hydrogen-bond donors (Lipinski definition) is 0. The molecule has 1 aliphatic rings. The summed E-state index contributed by atoms with van der Waals surface area (Å²) in [7, 11) is 0. The summed E-state index contributed by atoms with van der Waals surface area (Å²) in [6.45, 7) is 2.03. The van der Waals surface area contributed by atoms with Crippen molar-refractivity contribution >= 4 is 60.3 Å². The van der Waals surface area contributed by atoms with Gasteiger partial charge in [0, 0.05) is 55.3 Å². The predicted molar refractivity (Wildman–Crippen MR) is 172 cm³/mol. The molecule has 3 nitrogen and oxygen atoms in total. The van der Waals surface area contributed by atoms with E-state index in [1.54, 1.807) is 0 Å². The van der Waals surface area contributed by atoms with Crippen molar-refractivity contribution in [2.24, 2.45) is 0 Å². The first-order valence-electron chi connectivity index (χ1n) is 13.5. The van der Waals surface area contributed by atoms with Crippen LogP contribution in [0.1, 0.15) is 5.56 Å². The molecular formula is C37H25IrN3S. The summed E-state index contributed by atoms with van der Waals surface area (Å²) < 4.78 is 6.79. The van der Waals surface area contributed by atoms with Crippen molar-refractivity contribution in [3.8, 4) is 11.3 Å². The van der Waals surface area contributed by atoms with Crippen LogP contribution in [-0.4, -0.2) is 11.0 Å². The summed E-state index contributed by atoms with van der Waals surface area (Å²) in [5.74, 6) is 0. The van der Waals surface area contributed by atoms with Crippen molar-refractivity contribution < 1.29 is 20.1 Å². The molecule has 0 N–H and O–H groups in total. The minimum absolute atomic E-state index is 0. The van der Waals surface area contributed by atoms with Gasteiger partial charge in [0.25, 0.3) is 11.4 Å². The van der Waals surface area contributed by atoms with Gasteiger partial charge in [0.05, 0.1) is 0 Å². The second-order valence-electron chi connectivity index (χ2n) is 9.76. The molecule has 0 fully saturated rings. The Balaban J connectivity index is 0.000000191. The van der Waals surface area contributed by atoms with Gasteiger partial charge in [0.15, 0.2) is 0 Å². The van der Waals surface area contributed by atoms with E-state index in [9.17, 15) is 0 Å². The maximum atomic E-state index is 4.32. The van der Waals surface area contributed by atoms with Crippen LogP contribution >= 0.6 is 11.3 Å². The normalized spacial score (nSPS) is 11.6. The van der Waals surface area contributed by atoms with Crippen molar-refractivity contribution in [1.82, 2.24) is 14.1 Å². The number of rotatable bonds is 3. The third-order valence-corrected chi connectivity index (χ3v) is 8.21. The Morgan fingerprint density at radius 3 is 2.17 bits per heavy atom. The van der Waals surface area contributed by atoms with Crippen LogP contribution in [0.3, 0.4) is 0 Å². The van der Waals surface area contributed by atoms with E-state index >= 15 is 0 Å². The van der Waals surface area contributed by atoms with Gasteiger partial charge in [-0.3, -0.25) is 0 Å². The Bertz CT molecular complexity index is 2080. The van der Waals surface area contributed by atoms with Crippen LogP contribution < -0.4 is 9.15 Å². The number of para-hydroxylation sites is 3. The molecule has 0 bridgehead atoms. The molecule has 2 aromatic heterocycles. The van der Waals surface area contributed by atoms with Gasteiger partial charge in [-0.1, -0.05) is 65.2 Å². The van der Waals surface area contributed by atoms with Gasteiger partial charge in [-0.05, 0) is 38.9 Å². The SMILES string of the molecule is C1=[N+](c2ccccc2)c2ccccc2[N+]=1c1[c-]ccc2c1sc1ccccc12.Cc1ccc(-c2[c-]cccc2)nc1.[Ir]. The number of nitrogens with zero attached hydrogens (tertiary/aromatic N) is 3. The second-order valence-corrected chi connectivity index (χ2v) is 10.8. The van der Waals surface area contributed by atoms with E-state index in [2.05, 4.69) is 117 Å². The number of benzene rings is 5. The van der Waals surface area contributed by atoms with Crippen LogP contribution in [0.25, 0.3) is 31.4 Å². The molecule has 42 heavy (non-hydrogen) atoms. The van der Waals surface area contributed by atoms with Gasteiger partial charge in [-0.25, -0.2) is 0 Å². The maximum absolute atomic E-state index is 4.32. The molecule has 0 unspecified atom stereocenters. The van der Waals surface area contributed by atoms with E-state index in [-0.39, 0.29) is 20.1 Å². The molecule has 5 aromatic carbocycles. The smallest absolute Gasteiger partial charge is 0.304 e. The first kappa shape index (κ1) is 27.7. The molecule has 0 amide bonds. The van der Waals surface area contributed by atoms with Gasteiger partial charge < -0.3 is 4.98 Å². The van der Waals surface area contributed by atoms with Crippen LogP contribution in [-0.2, 0) is 20.1 Å². The molecular weight excluding hydrogens is 711 g/mol. The molecule has 8 rings (SSSR count). The minimum atomic E-state index is 0. The first-order valence-corrected chi connectivity index (χ1v) is 14.3. The fourth-order valence-electron chi connectivity index (χ4n) is 5.02. The van der Waals surface area contributed by atoms with Gasteiger partial charge in [0.2, 0.25) is 5.69 Å². The zero-order valence-corrected chi connectivity index (χ0v) is 26.0. The molecule has 3 heterocycles. The number of hydrogen-bond acceptors (Lipinski definition) is 2. The number of aryl methyl sites for hydroxylation is 1. The summed E-state index contributed by atoms with van der Waals surface area (Å²) in [4.78, 5) is 4.32. The number of pyridine rings is 1. The first-order chi connectivity index (χ1) is 20.3. The Morgan fingerprint density at radius 2 is 1.40 bits per heavy atom. The fraction of sp³-hybridized carbons (Fsp3) is 0.0270. The van der Waals surface area contributed by atoms with E-state index in [0.29, 0.717) is 0 Å². The van der Waals surface area contributed by atoms with E-state index in [1.807, 2.05) is 66.9 Å². The molecule has 1 radical (unpaired) electrons. The summed E-state index contributed by atoms with van der Waals surface area (Å²) >= 11 is 1.82. The molecule has 0 atom stereocenters. The molecule has 7 aromatic rings. The minimum Gasteiger partial charge on any atom is -0.304 e. The van der Waals surface area contributed by atoms with Crippen molar-refractivity contribution in [2.45, 2.75) is 6.92 Å². The van der Waals surface area contributed by atoms with Gasteiger partial charge in [-0.2, -0.15) is 23.5 Å². The Labute approximate surface area is 262 Å². The van der Waals surface area contributed by atoms with Crippen LogP contribution in [0, 0.1) is 19.1 Å². The quantitative estimate of drug-likeness (QED) is 0.131. The Kier molecular flexibility index (Phi) is 8.01. The van der Waals surface area contributed by atoms with Gasteiger partial charge in [-0.15, -0.1) is 47.3 Å². The molecule has 203 valence electrons. The summed E-state index contributed by atoms with van der Waals surface area (Å²) in [5.41, 5.74) is 7.59. The molecule has 1 aliphatic heterocycles. The summed E-state index contributed by atoms with van der Waals surface area (Å²) in [5, 5.41) is 2.57. The van der Waals surface area contributed by atoms with E-state index in [4.69, 9.17) is 0 Å². The predicted octanol–water partition coefficient (Wildman–Crippen LogP) is 9.57. The topological polar surface area (TPSA) is 18.9 Å². The summed E-state index contributed by atoms with van der Waals surface area (Å²) in [6.07, 6.45) is 1.87. The maximum Gasteiger partial charge on any atom is 0.501 e. The molecule has 0 saturated heterocycles. The van der Waals surface area contributed by atoms with E-state index in [0.717, 1.165) is 34.0 Å². The molecule has 0 spiro atoms. The average molecular weight is 736 g/mol. The van der Waals surface area contributed by atoms with Crippen LogP contribution in [0.15, 0.2) is 134 Å². The second kappa shape index (κ2) is 12.2. The van der Waals surface area contributed by atoms with Gasteiger partial charge >= 0.3 is 6.01 Å². The third-order valence-electron chi connectivity index (χ3n) is 7.02. The number of thiophene rings is 1. The number of fused-ring (bicyclic) bond motifs is 4. The van der Waals surface area contributed by atoms with Crippen molar-refractivity contribution in [1.29, 1.82) is 0 Å². The van der Waals surface area contributed by atoms with Crippen molar-refractivity contribution in [3.63, 3.8) is 0 Å². The van der Waals surface area contributed by atoms with Crippen LogP contribution in [0.5, 0.6) is 0 Å². The summed E-state index contributed by atoms with van der Waals surface area (Å²) in [6, 6.07) is 53.7. The monoisotopic (exact) mass is 736 g/mol. The van der Waals surface area contributed by atoms with Gasteiger partial charge in [0.1, 0.15) is 5.69 Å². The fourth-order valence-corrected chi connectivity index (χ4v) is 6.21. The molecule has 0 aliphatic carbocycles. The molecule has 0 saturated carbocycles. The van der Waals surface area contributed by atoms with Crippen LogP contribution in [0.4, 0.5) is 22.7 Å². The zero-order chi connectivity index (χ0) is 27.6. The average Bonchev–Trinajstić information content (AvgIpc) is 3.62. The zero-order valence-electron chi connectivity index (χ0n) is 22.8.